The normalized spacial score (nSPS) is 17.0. The number of imidazole rings is 1. The summed E-state index contributed by atoms with van der Waals surface area (Å²) in [4.78, 5) is 29.0. The van der Waals surface area contributed by atoms with E-state index >= 15 is 0 Å². The van der Waals surface area contributed by atoms with Crippen LogP contribution in [0.25, 0.3) is 16.9 Å². The van der Waals surface area contributed by atoms with Gasteiger partial charge in [-0.05, 0) is 63.6 Å². The van der Waals surface area contributed by atoms with Crippen LogP contribution in [-0.4, -0.2) is 44.6 Å². The molecule has 7 heteroatoms. The number of fused-ring (bicyclic) bond motifs is 1. The fourth-order valence-corrected chi connectivity index (χ4v) is 4.00. The molecular formula is C22H26N6O. The van der Waals surface area contributed by atoms with Gasteiger partial charge >= 0.3 is 0 Å². The summed E-state index contributed by atoms with van der Waals surface area (Å²) in [6, 6.07) is 6.15. The Morgan fingerprint density at radius 1 is 1.10 bits per heavy atom. The minimum Gasteiger partial charge on any atom is -0.355 e. The lowest BCUT2D eigenvalue weighted by Crippen LogP contribution is -2.30. The molecule has 1 amide bonds. The van der Waals surface area contributed by atoms with E-state index in [4.69, 9.17) is 9.97 Å². The summed E-state index contributed by atoms with van der Waals surface area (Å²) in [6.45, 7) is 5.99. The lowest BCUT2D eigenvalue weighted by molar-refractivity contribution is 0.0951. The van der Waals surface area contributed by atoms with Crippen molar-refractivity contribution in [2.24, 2.45) is 0 Å². The summed E-state index contributed by atoms with van der Waals surface area (Å²) in [6.07, 6.45) is 7.59. The Morgan fingerprint density at radius 3 is 2.66 bits per heavy atom. The summed E-state index contributed by atoms with van der Waals surface area (Å²) in [7, 11) is 0. The molecule has 0 spiro atoms. The summed E-state index contributed by atoms with van der Waals surface area (Å²) in [5.41, 5.74) is 4.29. The minimum atomic E-state index is -0.0158. The smallest absolute Gasteiger partial charge is 0.251 e. The molecule has 0 atom stereocenters. The van der Waals surface area contributed by atoms with E-state index in [2.05, 4.69) is 15.2 Å². The lowest BCUT2D eigenvalue weighted by atomic mass is 10.1. The van der Waals surface area contributed by atoms with E-state index in [0.717, 1.165) is 60.0 Å². The first-order valence-electron chi connectivity index (χ1n) is 10.5. The zero-order valence-corrected chi connectivity index (χ0v) is 17.0. The molecule has 1 N–H and O–H groups in total. The van der Waals surface area contributed by atoms with Crippen LogP contribution < -0.4 is 10.2 Å². The Hall–Kier alpha value is -2.96. The predicted molar refractivity (Wildman–Crippen MR) is 113 cm³/mol. The van der Waals surface area contributed by atoms with Crippen LogP contribution in [0.3, 0.4) is 0 Å². The Kier molecular flexibility index (Phi) is 4.45. The Balaban J connectivity index is 1.58. The zero-order chi connectivity index (χ0) is 20.0. The molecule has 0 bridgehead atoms. The topological polar surface area (TPSA) is 75.9 Å². The largest absolute Gasteiger partial charge is 0.355 e. The van der Waals surface area contributed by atoms with Gasteiger partial charge in [0.05, 0.1) is 5.69 Å². The second-order valence-corrected chi connectivity index (χ2v) is 8.18. The van der Waals surface area contributed by atoms with Crippen LogP contribution in [0.5, 0.6) is 0 Å². The van der Waals surface area contributed by atoms with Gasteiger partial charge in [-0.2, -0.15) is 0 Å². The van der Waals surface area contributed by atoms with Gasteiger partial charge in [0.25, 0.3) is 5.91 Å². The number of hydrogen-bond donors (Lipinski definition) is 1. The fraction of sp³-hybridized carbons (Fsp3) is 0.455. The van der Waals surface area contributed by atoms with Crippen molar-refractivity contribution in [3.8, 4) is 5.69 Å². The van der Waals surface area contributed by atoms with E-state index in [1.807, 2.05) is 36.6 Å². The van der Waals surface area contributed by atoms with Crippen molar-refractivity contribution in [2.75, 3.05) is 18.0 Å². The molecule has 5 rings (SSSR count). The van der Waals surface area contributed by atoms with Crippen molar-refractivity contribution >= 4 is 22.9 Å². The summed E-state index contributed by atoms with van der Waals surface area (Å²) in [5, 5.41) is 3.06. The second kappa shape index (κ2) is 7.13. The first-order chi connectivity index (χ1) is 14.1. The van der Waals surface area contributed by atoms with Gasteiger partial charge < -0.3 is 10.2 Å². The number of carbonyl (C=O) groups is 1. The molecule has 0 unspecified atom stereocenters. The molecule has 1 saturated carbocycles. The zero-order valence-electron chi connectivity index (χ0n) is 17.0. The van der Waals surface area contributed by atoms with Gasteiger partial charge in [-0.25, -0.2) is 15.0 Å². The fourth-order valence-electron chi connectivity index (χ4n) is 4.00. The standard InChI is InChI=1S/C22H26N6O/c1-14-6-7-16(22(29)26-17-8-9-17)12-18(14)28-13-23-19-20(24-15(2)25-21(19)28)27-10-4-3-5-11-27/h6-7,12-13,17H,3-5,8-11H2,1-2H3,(H,26,29). The van der Waals surface area contributed by atoms with Crippen molar-refractivity contribution in [1.29, 1.82) is 0 Å². The number of nitrogens with one attached hydrogen (secondary N) is 1. The molecular weight excluding hydrogens is 364 g/mol. The maximum atomic E-state index is 12.5. The number of piperidine rings is 1. The Morgan fingerprint density at radius 2 is 1.90 bits per heavy atom. The van der Waals surface area contributed by atoms with E-state index in [1.54, 1.807) is 6.33 Å². The first-order valence-corrected chi connectivity index (χ1v) is 10.5. The monoisotopic (exact) mass is 390 g/mol. The van der Waals surface area contributed by atoms with Crippen LogP contribution in [0.4, 0.5) is 5.82 Å². The molecule has 3 aromatic rings. The highest BCUT2D eigenvalue weighted by Gasteiger charge is 2.24. The Bertz CT molecular complexity index is 1080. The maximum absolute atomic E-state index is 12.5. The number of aromatic nitrogens is 4. The number of aryl methyl sites for hydroxylation is 2. The van der Waals surface area contributed by atoms with Crippen LogP contribution in [-0.2, 0) is 0 Å². The third-order valence-corrected chi connectivity index (χ3v) is 5.79. The summed E-state index contributed by atoms with van der Waals surface area (Å²) < 4.78 is 1.99. The minimum absolute atomic E-state index is 0.0158. The number of anilines is 1. The number of hydrogen-bond acceptors (Lipinski definition) is 5. The van der Waals surface area contributed by atoms with E-state index < -0.39 is 0 Å². The number of amides is 1. The van der Waals surface area contributed by atoms with E-state index in [0.29, 0.717) is 11.6 Å². The van der Waals surface area contributed by atoms with Gasteiger partial charge in [-0.1, -0.05) is 6.07 Å². The molecule has 1 saturated heterocycles. The average molecular weight is 390 g/mol. The lowest BCUT2D eigenvalue weighted by Gasteiger charge is -2.27. The van der Waals surface area contributed by atoms with Crippen molar-refractivity contribution in [2.45, 2.75) is 52.0 Å². The van der Waals surface area contributed by atoms with Crippen LogP contribution in [0, 0.1) is 13.8 Å². The van der Waals surface area contributed by atoms with Crippen LogP contribution in [0.15, 0.2) is 24.5 Å². The molecule has 2 aliphatic rings. The third-order valence-electron chi connectivity index (χ3n) is 5.79. The van der Waals surface area contributed by atoms with Gasteiger partial charge in [0, 0.05) is 24.7 Å². The van der Waals surface area contributed by atoms with Crippen LogP contribution >= 0.6 is 0 Å². The SMILES string of the molecule is Cc1nc(N2CCCCC2)c2ncn(-c3cc(C(=O)NC4CC4)ccc3C)c2n1. The van der Waals surface area contributed by atoms with E-state index in [9.17, 15) is 4.79 Å². The van der Waals surface area contributed by atoms with E-state index in [-0.39, 0.29) is 5.91 Å². The average Bonchev–Trinajstić information content (AvgIpc) is 3.45. The van der Waals surface area contributed by atoms with Gasteiger partial charge in [-0.3, -0.25) is 9.36 Å². The quantitative estimate of drug-likeness (QED) is 0.740. The number of benzene rings is 1. The molecule has 2 fully saturated rings. The van der Waals surface area contributed by atoms with E-state index in [1.165, 1.54) is 19.3 Å². The van der Waals surface area contributed by atoms with Crippen molar-refractivity contribution < 1.29 is 4.79 Å². The summed E-state index contributed by atoms with van der Waals surface area (Å²) >= 11 is 0. The molecule has 150 valence electrons. The highest BCUT2D eigenvalue weighted by Crippen LogP contribution is 2.28. The molecule has 1 aromatic carbocycles. The Labute approximate surface area is 170 Å². The molecule has 7 nitrogen and oxygen atoms in total. The molecule has 1 aliphatic carbocycles. The number of nitrogens with zero attached hydrogens (tertiary/aromatic N) is 5. The van der Waals surface area contributed by atoms with Gasteiger partial charge in [0.2, 0.25) is 0 Å². The molecule has 29 heavy (non-hydrogen) atoms. The predicted octanol–water partition coefficient (Wildman–Crippen LogP) is 3.31. The van der Waals surface area contributed by atoms with Gasteiger partial charge in [-0.15, -0.1) is 0 Å². The second-order valence-electron chi connectivity index (χ2n) is 8.18. The highest BCUT2D eigenvalue weighted by atomic mass is 16.1. The maximum Gasteiger partial charge on any atom is 0.251 e. The van der Waals surface area contributed by atoms with Gasteiger partial charge in [0.1, 0.15) is 12.2 Å². The molecule has 1 aliphatic heterocycles. The molecule has 3 heterocycles. The van der Waals surface area contributed by atoms with Crippen molar-refractivity contribution in [3.05, 3.63) is 41.5 Å². The third kappa shape index (κ3) is 3.45. The van der Waals surface area contributed by atoms with Crippen LogP contribution in [0.2, 0.25) is 0 Å². The van der Waals surface area contributed by atoms with Crippen molar-refractivity contribution in [3.63, 3.8) is 0 Å². The van der Waals surface area contributed by atoms with Crippen molar-refractivity contribution in [1.82, 2.24) is 24.8 Å². The van der Waals surface area contributed by atoms with Crippen LogP contribution in [0.1, 0.15) is 53.8 Å². The first kappa shape index (κ1) is 18.1. The highest BCUT2D eigenvalue weighted by molar-refractivity contribution is 5.95. The van der Waals surface area contributed by atoms with Gasteiger partial charge in [0.15, 0.2) is 17.0 Å². The number of rotatable bonds is 4. The number of carbonyl (C=O) groups excluding carboxylic acids is 1. The summed E-state index contributed by atoms with van der Waals surface area (Å²) in [5.74, 6) is 1.64. The molecule has 0 radical (unpaired) electrons. The molecule has 2 aromatic heterocycles.